The Labute approximate surface area is 158 Å². The summed E-state index contributed by atoms with van der Waals surface area (Å²) in [6.45, 7) is 0.490. The van der Waals surface area contributed by atoms with Gasteiger partial charge in [-0.05, 0) is 48.4 Å². The van der Waals surface area contributed by atoms with Crippen LogP contribution in [0.2, 0.25) is 5.02 Å². The average Bonchev–Trinajstić information content (AvgIpc) is 2.66. The molecule has 2 aromatic rings. The zero-order valence-electron chi connectivity index (χ0n) is 14.9. The van der Waals surface area contributed by atoms with Crippen molar-refractivity contribution in [3.8, 4) is 11.5 Å². The maximum Gasteiger partial charge on any atom is 0.220 e. The van der Waals surface area contributed by atoms with E-state index >= 15 is 0 Å². The Hall–Kier alpha value is -2.53. The minimum atomic E-state index is -0.146. The number of nitrogens with one attached hydrogen (secondary N) is 1. The smallest absolute Gasteiger partial charge is 0.220 e. The first kappa shape index (κ1) is 19.8. The number of amides is 1. The highest BCUT2D eigenvalue weighted by Crippen LogP contribution is 2.27. The second kappa shape index (κ2) is 9.82. The van der Waals surface area contributed by atoms with Gasteiger partial charge in [0.2, 0.25) is 5.91 Å². The van der Waals surface area contributed by atoms with Crippen LogP contribution in [0.1, 0.15) is 28.8 Å². The molecule has 0 bridgehead atoms. The summed E-state index contributed by atoms with van der Waals surface area (Å²) in [6.07, 6.45) is 0.994. The van der Waals surface area contributed by atoms with Crippen LogP contribution < -0.4 is 14.8 Å². The van der Waals surface area contributed by atoms with Crippen molar-refractivity contribution >= 4 is 23.3 Å². The van der Waals surface area contributed by atoms with Crippen molar-refractivity contribution in [1.29, 1.82) is 0 Å². The number of carbonyl (C=O) groups is 2. The first-order valence-corrected chi connectivity index (χ1v) is 8.67. The van der Waals surface area contributed by atoms with E-state index in [-0.39, 0.29) is 24.5 Å². The molecule has 0 fully saturated rings. The van der Waals surface area contributed by atoms with Crippen molar-refractivity contribution in [3.63, 3.8) is 0 Å². The molecule has 0 atom stereocenters. The molecule has 0 aliphatic rings. The monoisotopic (exact) mass is 375 g/mol. The maximum atomic E-state index is 12.0. The number of rotatable bonds is 9. The minimum absolute atomic E-state index is 0.0725. The minimum Gasteiger partial charge on any atom is -0.493 e. The van der Waals surface area contributed by atoms with Gasteiger partial charge in [-0.15, -0.1) is 0 Å². The summed E-state index contributed by atoms with van der Waals surface area (Å²) < 4.78 is 10.5. The first-order chi connectivity index (χ1) is 12.5. The van der Waals surface area contributed by atoms with Gasteiger partial charge in [0, 0.05) is 30.0 Å². The number of ether oxygens (including phenoxy) is 2. The normalized spacial score (nSPS) is 10.3. The molecule has 138 valence electrons. The van der Waals surface area contributed by atoms with Crippen LogP contribution in [0.4, 0.5) is 0 Å². The van der Waals surface area contributed by atoms with Gasteiger partial charge in [0.25, 0.3) is 0 Å². The van der Waals surface area contributed by atoms with Crippen molar-refractivity contribution in [2.45, 2.75) is 19.3 Å². The number of hydrogen-bond acceptors (Lipinski definition) is 4. The van der Waals surface area contributed by atoms with Gasteiger partial charge in [-0.2, -0.15) is 0 Å². The number of benzene rings is 2. The van der Waals surface area contributed by atoms with E-state index in [0.29, 0.717) is 35.1 Å². The summed E-state index contributed by atoms with van der Waals surface area (Å²) in [6, 6.07) is 12.3. The van der Waals surface area contributed by atoms with Crippen LogP contribution >= 0.6 is 11.6 Å². The molecule has 0 aliphatic heterocycles. The Balaban J connectivity index is 1.75. The molecule has 0 aromatic heterocycles. The van der Waals surface area contributed by atoms with Crippen molar-refractivity contribution in [1.82, 2.24) is 5.32 Å². The largest absolute Gasteiger partial charge is 0.493 e. The molecule has 0 aliphatic carbocycles. The second-order valence-corrected chi connectivity index (χ2v) is 6.16. The Morgan fingerprint density at radius 3 is 2.31 bits per heavy atom. The lowest BCUT2D eigenvalue weighted by Gasteiger charge is -2.10. The number of Topliss-reactive ketones (excluding diaryl/α,β-unsaturated/α-hetero) is 1. The molecule has 0 heterocycles. The fraction of sp³-hybridized carbons (Fsp3) is 0.300. The molecule has 1 amide bonds. The molecule has 5 nitrogen and oxygen atoms in total. The molecule has 0 spiro atoms. The van der Waals surface area contributed by atoms with E-state index < -0.39 is 0 Å². The van der Waals surface area contributed by atoms with E-state index in [1.807, 2.05) is 18.2 Å². The summed E-state index contributed by atoms with van der Waals surface area (Å²) in [5.41, 5.74) is 1.59. The van der Waals surface area contributed by atoms with Gasteiger partial charge in [-0.3, -0.25) is 9.59 Å². The summed E-state index contributed by atoms with van der Waals surface area (Å²) in [4.78, 5) is 24.0. The molecule has 26 heavy (non-hydrogen) atoms. The number of hydrogen-bond donors (Lipinski definition) is 1. The third kappa shape index (κ3) is 5.77. The fourth-order valence-electron chi connectivity index (χ4n) is 2.48. The predicted molar refractivity (Wildman–Crippen MR) is 101 cm³/mol. The Morgan fingerprint density at radius 1 is 0.962 bits per heavy atom. The summed E-state index contributed by atoms with van der Waals surface area (Å²) >= 11 is 5.80. The van der Waals surface area contributed by atoms with E-state index in [1.165, 1.54) is 0 Å². The van der Waals surface area contributed by atoms with Crippen LogP contribution in [0.5, 0.6) is 11.5 Å². The van der Waals surface area contributed by atoms with Gasteiger partial charge in [0.15, 0.2) is 17.3 Å². The van der Waals surface area contributed by atoms with Crippen molar-refractivity contribution in [2.24, 2.45) is 0 Å². The SMILES string of the molecule is COc1ccc(CCNC(=O)CCC(=O)c2ccc(Cl)cc2)cc1OC. The molecule has 0 radical (unpaired) electrons. The standard InChI is InChI=1S/C20H22ClNO4/c1-25-18-9-3-14(13-19(18)26-2)11-12-22-20(24)10-8-17(23)15-4-6-16(21)7-5-15/h3-7,9,13H,8,10-12H2,1-2H3,(H,22,24). The zero-order valence-corrected chi connectivity index (χ0v) is 15.6. The Morgan fingerprint density at radius 2 is 1.65 bits per heavy atom. The van der Waals surface area contributed by atoms with Gasteiger partial charge >= 0.3 is 0 Å². The lowest BCUT2D eigenvalue weighted by atomic mass is 10.1. The highest BCUT2D eigenvalue weighted by molar-refractivity contribution is 6.30. The van der Waals surface area contributed by atoms with Crippen LogP contribution in [0, 0.1) is 0 Å². The van der Waals surface area contributed by atoms with Gasteiger partial charge in [0.1, 0.15) is 0 Å². The average molecular weight is 376 g/mol. The van der Waals surface area contributed by atoms with Crippen LogP contribution in [-0.2, 0) is 11.2 Å². The molecular weight excluding hydrogens is 354 g/mol. The predicted octanol–water partition coefficient (Wildman–Crippen LogP) is 3.68. The molecule has 0 saturated carbocycles. The molecule has 0 unspecified atom stereocenters. The first-order valence-electron chi connectivity index (χ1n) is 8.30. The molecular formula is C20H22ClNO4. The van der Waals surface area contributed by atoms with Gasteiger partial charge in [-0.25, -0.2) is 0 Å². The number of halogens is 1. The van der Waals surface area contributed by atoms with Gasteiger partial charge in [-0.1, -0.05) is 17.7 Å². The number of carbonyl (C=O) groups excluding carboxylic acids is 2. The van der Waals surface area contributed by atoms with Gasteiger partial charge in [0.05, 0.1) is 14.2 Å². The van der Waals surface area contributed by atoms with E-state index in [4.69, 9.17) is 21.1 Å². The molecule has 6 heteroatoms. The molecule has 2 rings (SSSR count). The highest BCUT2D eigenvalue weighted by atomic mass is 35.5. The topological polar surface area (TPSA) is 64.6 Å². The lowest BCUT2D eigenvalue weighted by Crippen LogP contribution is -2.26. The Kier molecular flexibility index (Phi) is 7.48. The molecule has 2 aromatic carbocycles. The summed E-state index contributed by atoms with van der Waals surface area (Å²) in [5, 5.41) is 3.41. The third-order valence-electron chi connectivity index (χ3n) is 3.93. The molecule has 0 saturated heterocycles. The number of ketones is 1. The number of methoxy groups -OCH3 is 2. The summed E-state index contributed by atoms with van der Waals surface area (Å²) in [7, 11) is 3.17. The maximum absolute atomic E-state index is 12.0. The van der Waals surface area contributed by atoms with Crippen molar-refractivity contribution < 1.29 is 19.1 Å². The van der Waals surface area contributed by atoms with E-state index in [1.54, 1.807) is 38.5 Å². The third-order valence-corrected chi connectivity index (χ3v) is 4.18. The summed E-state index contributed by atoms with van der Waals surface area (Å²) in [5.74, 6) is 1.11. The second-order valence-electron chi connectivity index (χ2n) is 5.72. The quantitative estimate of drug-likeness (QED) is 0.679. The Bertz CT molecular complexity index is 759. The van der Waals surface area contributed by atoms with Crippen LogP contribution in [0.3, 0.4) is 0 Å². The molecule has 1 N–H and O–H groups in total. The van der Waals surface area contributed by atoms with E-state index in [0.717, 1.165) is 5.56 Å². The fourth-order valence-corrected chi connectivity index (χ4v) is 2.60. The van der Waals surface area contributed by atoms with Crippen LogP contribution in [0.15, 0.2) is 42.5 Å². The van der Waals surface area contributed by atoms with Crippen LogP contribution in [-0.4, -0.2) is 32.5 Å². The van der Waals surface area contributed by atoms with E-state index in [2.05, 4.69) is 5.32 Å². The highest BCUT2D eigenvalue weighted by Gasteiger charge is 2.10. The zero-order chi connectivity index (χ0) is 18.9. The lowest BCUT2D eigenvalue weighted by molar-refractivity contribution is -0.121. The van der Waals surface area contributed by atoms with Crippen LogP contribution in [0.25, 0.3) is 0 Å². The van der Waals surface area contributed by atoms with E-state index in [9.17, 15) is 9.59 Å². The van der Waals surface area contributed by atoms with Gasteiger partial charge < -0.3 is 14.8 Å². The van der Waals surface area contributed by atoms with Crippen molar-refractivity contribution in [3.05, 3.63) is 58.6 Å². The van der Waals surface area contributed by atoms with Crippen molar-refractivity contribution in [2.75, 3.05) is 20.8 Å².